The Morgan fingerprint density at radius 2 is 1.85 bits per heavy atom. The van der Waals surface area contributed by atoms with E-state index in [4.69, 9.17) is 5.26 Å². The van der Waals surface area contributed by atoms with Gasteiger partial charge in [0.25, 0.3) is 5.91 Å². The standard InChI is InChI=1S/C20H15N5O/c21-13-15-6-1-3-7-16(15)22-20(26)17-9-10-19(24-23-17)25-12-11-14-5-2-4-8-18(14)25/h1-10H,11-12H2,(H,22,26). The van der Waals surface area contributed by atoms with E-state index in [9.17, 15) is 4.79 Å². The fourth-order valence-corrected chi connectivity index (χ4v) is 3.04. The molecule has 4 rings (SSSR count). The first-order chi connectivity index (χ1) is 12.8. The number of carbonyl (C=O) groups is 1. The monoisotopic (exact) mass is 341 g/mol. The minimum atomic E-state index is -0.395. The predicted molar refractivity (Wildman–Crippen MR) is 98.3 cm³/mol. The summed E-state index contributed by atoms with van der Waals surface area (Å²) in [5.41, 5.74) is 3.47. The number of fused-ring (bicyclic) bond motifs is 1. The van der Waals surface area contributed by atoms with Gasteiger partial charge in [-0.3, -0.25) is 4.79 Å². The Hall–Kier alpha value is -3.72. The van der Waals surface area contributed by atoms with E-state index in [-0.39, 0.29) is 5.69 Å². The van der Waals surface area contributed by atoms with Gasteiger partial charge in [-0.25, -0.2) is 0 Å². The van der Waals surface area contributed by atoms with Crippen LogP contribution < -0.4 is 10.2 Å². The Labute approximate surface area is 150 Å². The highest BCUT2D eigenvalue weighted by Crippen LogP contribution is 2.32. The van der Waals surface area contributed by atoms with Crippen LogP contribution in [0.3, 0.4) is 0 Å². The van der Waals surface area contributed by atoms with E-state index in [0.717, 1.165) is 18.7 Å². The Morgan fingerprint density at radius 1 is 1.04 bits per heavy atom. The average molecular weight is 341 g/mol. The number of para-hydroxylation sites is 2. The van der Waals surface area contributed by atoms with Crippen LogP contribution in [0.5, 0.6) is 0 Å². The van der Waals surface area contributed by atoms with Gasteiger partial charge in [0.05, 0.1) is 11.3 Å². The maximum absolute atomic E-state index is 12.4. The molecule has 0 unspecified atom stereocenters. The second-order valence-electron chi connectivity index (χ2n) is 5.92. The van der Waals surface area contributed by atoms with Gasteiger partial charge in [-0.2, -0.15) is 5.26 Å². The number of rotatable bonds is 3. The first-order valence-electron chi connectivity index (χ1n) is 8.26. The number of hydrogen-bond acceptors (Lipinski definition) is 5. The van der Waals surface area contributed by atoms with Gasteiger partial charge in [0, 0.05) is 12.2 Å². The predicted octanol–water partition coefficient (Wildman–Crippen LogP) is 3.29. The molecule has 26 heavy (non-hydrogen) atoms. The lowest BCUT2D eigenvalue weighted by molar-refractivity contribution is 0.102. The van der Waals surface area contributed by atoms with Crippen molar-refractivity contribution in [1.29, 1.82) is 5.26 Å². The Kier molecular flexibility index (Phi) is 4.04. The summed E-state index contributed by atoms with van der Waals surface area (Å²) < 4.78 is 0. The molecule has 6 nitrogen and oxygen atoms in total. The quantitative estimate of drug-likeness (QED) is 0.790. The molecule has 1 N–H and O–H groups in total. The molecule has 1 aliphatic rings. The highest BCUT2D eigenvalue weighted by molar-refractivity contribution is 6.03. The third-order valence-corrected chi connectivity index (χ3v) is 4.34. The van der Waals surface area contributed by atoms with Crippen LogP contribution in [0.2, 0.25) is 0 Å². The van der Waals surface area contributed by atoms with Crippen molar-refractivity contribution in [3.05, 3.63) is 77.5 Å². The summed E-state index contributed by atoms with van der Waals surface area (Å²) in [6, 6.07) is 20.5. The third-order valence-electron chi connectivity index (χ3n) is 4.34. The molecule has 0 radical (unpaired) electrons. The zero-order valence-corrected chi connectivity index (χ0v) is 13.9. The molecular weight excluding hydrogens is 326 g/mol. The lowest BCUT2D eigenvalue weighted by Gasteiger charge is -2.17. The third kappa shape index (κ3) is 2.87. The van der Waals surface area contributed by atoms with E-state index in [1.807, 2.05) is 12.1 Å². The van der Waals surface area contributed by atoms with E-state index in [1.165, 1.54) is 5.56 Å². The van der Waals surface area contributed by atoms with Crippen molar-refractivity contribution in [2.24, 2.45) is 0 Å². The summed E-state index contributed by atoms with van der Waals surface area (Å²) >= 11 is 0. The van der Waals surface area contributed by atoms with Gasteiger partial charge in [-0.05, 0) is 42.3 Å². The summed E-state index contributed by atoms with van der Waals surface area (Å²) in [6.07, 6.45) is 0.963. The minimum absolute atomic E-state index is 0.203. The van der Waals surface area contributed by atoms with Crippen LogP contribution in [0.1, 0.15) is 21.6 Å². The molecule has 2 heterocycles. The van der Waals surface area contributed by atoms with E-state index < -0.39 is 5.91 Å². The summed E-state index contributed by atoms with van der Waals surface area (Å²) in [5, 5.41) is 20.1. The number of carbonyl (C=O) groups excluding carboxylic acids is 1. The molecule has 0 atom stereocenters. The molecule has 1 amide bonds. The molecule has 1 aliphatic heterocycles. The number of hydrogen-bond donors (Lipinski definition) is 1. The number of anilines is 3. The first kappa shape index (κ1) is 15.8. The number of amides is 1. The summed E-state index contributed by atoms with van der Waals surface area (Å²) in [5.74, 6) is 0.317. The molecule has 1 aromatic heterocycles. The molecule has 2 aromatic carbocycles. The Bertz CT molecular complexity index is 1010. The van der Waals surface area contributed by atoms with Crippen molar-refractivity contribution in [2.75, 3.05) is 16.8 Å². The van der Waals surface area contributed by atoms with Gasteiger partial charge in [0.2, 0.25) is 0 Å². The highest BCUT2D eigenvalue weighted by Gasteiger charge is 2.21. The number of benzene rings is 2. The zero-order chi connectivity index (χ0) is 17.9. The van der Waals surface area contributed by atoms with Gasteiger partial charge >= 0.3 is 0 Å². The molecule has 0 saturated carbocycles. The smallest absolute Gasteiger partial charge is 0.276 e. The molecule has 0 bridgehead atoms. The molecule has 0 fully saturated rings. The van der Waals surface area contributed by atoms with Crippen LogP contribution >= 0.6 is 0 Å². The largest absolute Gasteiger partial charge is 0.324 e. The van der Waals surface area contributed by atoms with Crippen LogP contribution in [-0.2, 0) is 6.42 Å². The van der Waals surface area contributed by atoms with Crippen LogP contribution in [0.15, 0.2) is 60.7 Å². The first-order valence-corrected chi connectivity index (χ1v) is 8.26. The number of nitrogens with one attached hydrogen (secondary N) is 1. The SMILES string of the molecule is N#Cc1ccccc1NC(=O)c1ccc(N2CCc3ccccc32)nn1. The van der Waals surface area contributed by atoms with E-state index in [1.54, 1.807) is 36.4 Å². The van der Waals surface area contributed by atoms with E-state index >= 15 is 0 Å². The van der Waals surface area contributed by atoms with Gasteiger partial charge in [0.15, 0.2) is 11.5 Å². The second-order valence-corrected chi connectivity index (χ2v) is 5.92. The van der Waals surface area contributed by atoms with Crippen molar-refractivity contribution in [3.63, 3.8) is 0 Å². The maximum atomic E-state index is 12.4. The molecule has 6 heteroatoms. The van der Waals surface area contributed by atoms with Crippen molar-refractivity contribution in [3.8, 4) is 6.07 Å². The van der Waals surface area contributed by atoms with E-state index in [2.05, 4.69) is 38.6 Å². The van der Waals surface area contributed by atoms with Crippen molar-refractivity contribution in [1.82, 2.24) is 10.2 Å². The van der Waals surface area contributed by atoms with Crippen LogP contribution in [0, 0.1) is 11.3 Å². The number of nitriles is 1. The lowest BCUT2D eigenvalue weighted by atomic mass is 10.2. The average Bonchev–Trinajstić information content (AvgIpc) is 3.12. The number of aromatic nitrogens is 2. The summed E-state index contributed by atoms with van der Waals surface area (Å²) in [6.45, 7) is 0.842. The summed E-state index contributed by atoms with van der Waals surface area (Å²) in [7, 11) is 0. The van der Waals surface area contributed by atoms with Crippen molar-refractivity contribution < 1.29 is 4.79 Å². The van der Waals surface area contributed by atoms with E-state index in [0.29, 0.717) is 17.1 Å². The minimum Gasteiger partial charge on any atom is -0.324 e. The lowest BCUT2D eigenvalue weighted by Crippen LogP contribution is -2.18. The highest BCUT2D eigenvalue weighted by atomic mass is 16.1. The fourth-order valence-electron chi connectivity index (χ4n) is 3.04. The number of nitrogens with zero attached hydrogens (tertiary/aromatic N) is 4. The Morgan fingerprint density at radius 3 is 2.65 bits per heavy atom. The maximum Gasteiger partial charge on any atom is 0.276 e. The van der Waals surface area contributed by atoms with Gasteiger partial charge in [0.1, 0.15) is 6.07 Å². The molecule has 3 aromatic rings. The Balaban J connectivity index is 1.53. The van der Waals surface area contributed by atoms with Crippen LogP contribution in [0.25, 0.3) is 0 Å². The van der Waals surface area contributed by atoms with Crippen LogP contribution in [0.4, 0.5) is 17.2 Å². The molecule has 126 valence electrons. The fraction of sp³-hybridized carbons (Fsp3) is 0.100. The van der Waals surface area contributed by atoms with Crippen LogP contribution in [-0.4, -0.2) is 22.6 Å². The molecule has 0 aliphatic carbocycles. The van der Waals surface area contributed by atoms with Gasteiger partial charge in [-0.1, -0.05) is 30.3 Å². The zero-order valence-electron chi connectivity index (χ0n) is 13.9. The molecule has 0 saturated heterocycles. The normalized spacial score (nSPS) is 12.3. The topological polar surface area (TPSA) is 81.9 Å². The van der Waals surface area contributed by atoms with Gasteiger partial charge < -0.3 is 10.2 Å². The van der Waals surface area contributed by atoms with Gasteiger partial charge in [-0.15, -0.1) is 10.2 Å². The molecule has 0 spiro atoms. The molecular formula is C20H15N5O. The van der Waals surface area contributed by atoms with Crippen molar-refractivity contribution in [2.45, 2.75) is 6.42 Å². The summed E-state index contributed by atoms with van der Waals surface area (Å²) in [4.78, 5) is 14.5. The van der Waals surface area contributed by atoms with Crippen molar-refractivity contribution >= 4 is 23.1 Å². The second kappa shape index (κ2) is 6.65.